The van der Waals surface area contributed by atoms with Gasteiger partial charge in [-0.25, -0.2) is 8.42 Å². The number of hydrogen-bond donors (Lipinski definition) is 2. The van der Waals surface area contributed by atoms with E-state index in [1.165, 1.54) is 13.8 Å². The molecule has 1 saturated heterocycles. The zero-order chi connectivity index (χ0) is 15.1. The number of aromatic amines is 1. The summed E-state index contributed by atoms with van der Waals surface area (Å²) in [5.74, 6) is -1.39. The lowest BCUT2D eigenvalue weighted by molar-refractivity contribution is -0.141. The Morgan fingerprint density at radius 1 is 1.20 bits per heavy atom. The normalized spacial score (nSPS) is 19.7. The van der Waals surface area contributed by atoms with Crippen LogP contribution in [0.15, 0.2) is 28.0 Å². The van der Waals surface area contributed by atoms with E-state index in [9.17, 15) is 22.8 Å². The third kappa shape index (κ3) is 2.25. The van der Waals surface area contributed by atoms with Crippen molar-refractivity contribution in [1.82, 2.24) is 14.6 Å². The van der Waals surface area contributed by atoms with E-state index in [1.807, 2.05) is 0 Å². The zero-order valence-electron chi connectivity index (χ0n) is 10.8. The Hall–Kier alpha value is -2.00. The molecular formula is C11H13N3O5S. The highest BCUT2D eigenvalue weighted by Crippen LogP contribution is 2.26. The summed E-state index contributed by atoms with van der Waals surface area (Å²) < 4.78 is 25.8. The van der Waals surface area contributed by atoms with Crippen LogP contribution in [0.2, 0.25) is 0 Å². The summed E-state index contributed by atoms with van der Waals surface area (Å²) in [5, 5.41) is 2.09. The van der Waals surface area contributed by atoms with Gasteiger partial charge < -0.3 is 4.98 Å². The molecule has 0 radical (unpaired) electrons. The van der Waals surface area contributed by atoms with E-state index < -0.39 is 39.5 Å². The summed E-state index contributed by atoms with van der Waals surface area (Å²) in [6, 6.07) is 2.19. The van der Waals surface area contributed by atoms with Gasteiger partial charge in [0.25, 0.3) is 0 Å². The van der Waals surface area contributed by atoms with Gasteiger partial charge in [0.05, 0.1) is 11.4 Å². The molecule has 108 valence electrons. The van der Waals surface area contributed by atoms with Gasteiger partial charge in [0.1, 0.15) is 5.54 Å². The molecule has 0 unspecified atom stereocenters. The molecule has 0 aromatic carbocycles. The number of carbonyl (C=O) groups is 2. The molecule has 1 fully saturated rings. The fourth-order valence-corrected chi connectivity index (χ4v) is 3.50. The number of nitrogens with one attached hydrogen (secondary N) is 2. The minimum absolute atomic E-state index is 0.187. The van der Waals surface area contributed by atoms with Crippen molar-refractivity contribution in [3.05, 3.63) is 28.7 Å². The standard InChI is InChI=1S/C11H13N3O5S/c1-11(2)10(17)13-9(16)6-14(11)20(18,19)7-3-4-8(15)12-5-7/h3-5H,6H2,1-2H3,(H,12,15)(H,13,16,17). The number of hydrogen-bond acceptors (Lipinski definition) is 5. The minimum Gasteiger partial charge on any atom is -0.328 e. The van der Waals surface area contributed by atoms with Crippen LogP contribution >= 0.6 is 0 Å². The van der Waals surface area contributed by atoms with Crippen LogP contribution < -0.4 is 10.9 Å². The van der Waals surface area contributed by atoms with Crippen molar-refractivity contribution >= 4 is 21.8 Å². The average molecular weight is 299 g/mol. The van der Waals surface area contributed by atoms with Gasteiger partial charge in [0, 0.05) is 12.3 Å². The fourth-order valence-electron chi connectivity index (χ4n) is 1.83. The number of imide groups is 1. The Labute approximate surface area is 114 Å². The molecule has 9 heteroatoms. The first kappa shape index (κ1) is 14.4. The van der Waals surface area contributed by atoms with E-state index in [2.05, 4.69) is 10.3 Å². The Morgan fingerprint density at radius 3 is 2.40 bits per heavy atom. The number of carbonyl (C=O) groups excluding carboxylic acids is 2. The summed E-state index contributed by atoms with van der Waals surface area (Å²) in [7, 11) is -4.07. The second-order valence-corrected chi connectivity index (χ2v) is 6.70. The number of piperazine rings is 1. The third-order valence-electron chi connectivity index (χ3n) is 3.06. The Morgan fingerprint density at radius 2 is 1.85 bits per heavy atom. The van der Waals surface area contributed by atoms with E-state index in [0.717, 1.165) is 22.6 Å². The predicted octanol–water partition coefficient (Wildman–Crippen LogP) is -1.20. The van der Waals surface area contributed by atoms with Crippen molar-refractivity contribution in [2.75, 3.05) is 6.54 Å². The SMILES string of the molecule is CC1(C)C(=O)NC(=O)CN1S(=O)(=O)c1ccc(=O)[nH]c1. The van der Waals surface area contributed by atoms with Gasteiger partial charge in [-0.3, -0.25) is 19.7 Å². The molecule has 2 N–H and O–H groups in total. The highest BCUT2D eigenvalue weighted by molar-refractivity contribution is 7.89. The Kier molecular flexibility index (Phi) is 3.26. The second-order valence-electron chi connectivity index (χ2n) is 4.84. The number of H-pyrrole nitrogens is 1. The molecule has 1 aliphatic rings. The molecule has 1 aliphatic heterocycles. The molecule has 2 heterocycles. The van der Waals surface area contributed by atoms with Crippen LogP contribution in [0.3, 0.4) is 0 Å². The molecule has 8 nitrogen and oxygen atoms in total. The maximum Gasteiger partial charge on any atom is 0.247 e. The topological polar surface area (TPSA) is 116 Å². The van der Waals surface area contributed by atoms with Gasteiger partial charge in [-0.15, -0.1) is 0 Å². The van der Waals surface area contributed by atoms with Crippen molar-refractivity contribution in [3.63, 3.8) is 0 Å². The van der Waals surface area contributed by atoms with Gasteiger partial charge in [-0.1, -0.05) is 0 Å². The molecule has 0 bridgehead atoms. The second kappa shape index (κ2) is 4.53. The van der Waals surface area contributed by atoms with Crippen LogP contribution in [0, 0.1) is 0 Å². The van der Waals surface area contributed by atoms with Crippen LogP contribution in [0.1, 0.15) is 13.8 Å². The zero-order valence-corrected chi connectivity index (χ0v) is 11.7. The van der Waals surface area contributed by atoms with Gasteiger partial charge in [-0.05, 0) is 19.9 Å². The molecule has 0 saturated carbocycles. The first-order valence-corrected chi connectivity index (χ1v) is 7.15. The molecule has 20 heavy (non-hydrogen) atoms. The maximum absolute atomic E-state index is 12.5. The number of rotatable bonds is 2. The van der Waals surface area contributed by atoms with Gasteiger partial charge in [0.15, 0.2) is 0 Å². The quantitative estimate of drug-likeness (QED) is 0.665. The van der Waals surface area contributed by atoms with E-state index in [4.69, 9.17) is 0 Å². The van der Waals surface area contributed by atoms with Crippen LogP contribution in [0.5, 0.6) is 0 Å². The van der Waals surface area contributed by atoms with E-state index in [0.29, 0.717) is 0 Å². The lowest BCUT2D eigenvalue weighted by Gasteiger charge is -2.38. The fraction of sp³-hybridized carbons (Fsp3) is 0.364. The lowest BCUT2D eigenvalue weighted by atomic mass is 10.0. The third-order valence-corrected chi connectivity index (χ3v) is 5.08. The van der Waals surface area contributed by atoms with Crippen LogP contribution in [0.25, 0.3) is 0 Å². The minimum atomic E-state index is -4.07. The van der Waals surface area contributed by atoms with Crippen LogP contribution in [-0.4, -0.2) is 41.6 Å². The number of sulfonamides is 1. The lowest BCUT2D eigenvalue weighted by Crippen LogP contribution is -2.65. The number of amides is 2. The van der Waals surface area contributed by atoms with Gasteiger partial charge >= 0.3 is 0 Å². The number of aromatic nitrogens is 1. The van der Waals surface area contributed by atoms with Crippen molar-refractivity contribution in [2.45, 2.75) is 24.3 Å². The van der Waals surface area contributed by atoms with Crippen molar-refractivity contribution < 1.29 is 18.0 Å². The van der Waals surface area contributed by atoms with Gasteiger partial charge in [0.2, 0.25) is 27.4 Å². The molecular weight excluding hydrogens is 286 g/mol. The molecule has 1 aromatic rings. The number of nitrogens with zero attached hydrogens (tertiary/aromatic N) is 1. The molecule has 2 amide bonds. The summed E-state index contributed by atoms with van der Waals surface area (Å²) in [4.78, 5) is 36.2. The monoisotopic (exact) mass is 299 g/mol. The number of pyridine rings is 1. The molecule has 1 aromatic heterocycles. The summed E-state index contributed by atoms with van der Waals surface area (Å²) in [6.07, 6.45) is 1.03. The summed E-state index contributed by atoms with van der Waals surface area (Å²) in [5.41, 5.74) is -1.85. The predicted molar refractivity (Wildman–Crippen MR) is 68.2 cm³/mol. The summed E-state index contributed by atoms with van der Waals surface area (Å²) in [6.45, 7) is 2.34. The largest absolute Gasteiger partial charge is 0.328 e. The molecule has 0 atom stereocenters. The van der Waals surface area contributed by atoms with E-state index in [1.54, 1.807) is 0 Å². The average Bonchev–Trinajstić information content (AvgIpc) is 2.34. The molecule has 0 aliphatic carbocycles. The smallest absolute Gasteiger partial charge is 0.247 e. The Balaban J connectivity index is 2.52. The first-order chi connectivity index (χ1) is 9.15. The van der Waals surface area contributed by atoms with E-state index in [-0.39, 0.29) is 4.90 Å². The Bertz CT molecular complexity index is 714. The first-order valence-electron chi connectivity index (χ1n) is 5.71. The van der Waals surface area contributed by atoms with Gasteiger partial charge in [-0.2, -0.15) is 4.31 Å². The van der Waals surface area contributed by atoms with Crippen LogP contribution in [-0.2, 0) is 19.6 Å². The van der Waals surface area contributed by atoms with Crippen LogP contribution in [0.4, 0.5) is 0 Å². The maximum atomic E-state index is 12.5. The molecule has 0 spiro atoms. The van der Waals surface area contributed by atoms with Crippen molar-refractivity contribution in [1.29, 1.82) is 0 Å². The highest BCUT2D eigenvalue weighted by atomic mass is 32.2. The van der Waals surface area contributed by atoms with Crippen molar-refractivity contribution in [2.24, 2.45) is 0 Å². The van der Waals surface area contributed by atoms with Crippen molar-refractivity contribution in [3.8, 4) is 0 Å². The highest BCUT2D eigenvalue weighted by Gasteiger charge is 2.47. The molecule has 2 rings (SSSR count). The van der Waals surface area contributed by atoms with E-state index >= 15 is 0 Å². The summed E-state index contributed by atoms with van der Waals surface area (Å²) >= 11 is 0.